The van der Waals surface area contributed by atoms with Crippen LogP contribution in [0.4, 0.5) is 0 Å². The van der Waals surface area contributed by atoms with Crippen LogP contribution in [0.15, 0.2) is 30.3 Å². The summed E-state index contributed by atoms with van der Waals surface area (Å²) in [4.78, 5) is 8.69. The molecule has 0 bridgehead atoms. The van der Waals surface area contributed by atoms with E-state index >= 15 is 0 Å². The highest BCUT2D eigenvalue weighted by molar-refractivity contribution is 7.40. The molecule has 0 aromatic heterocycles. The Bertz CT molecular complexity index is 250. The maximum absolute atomic E-state index is 10.6. The average Bonchev–Trinajstić information content (AvgIpc) is 2.05. The van der Waals surface area contributed by atoms with Crippen molar-refractivity contribution in [2.45, 2.75) is 5.12 Å². The molecule has 0 aliphatic heterocycles. The van der Waals surface area contributed by atoms with Gasteiger partial charge in [-0.15, -0.1) is 11.6 Å². The van der Waals surface area contributed by atoms with E-state index in [2.05, 4.69) is 0 Å². The molecule has 1 aromatic rings. The van der Waals surface area contributed by atoms with E-state index in [1.54, 1.807) is 24.3 Å². The van der Waals surface area contributed by atoms with Crippen LogP contribution in [0.5, 0.6) is 0 Å². The quantitative estimate of drug-likeness (QED) is 0.574. The topological polar surface area (TPSA) is 37.3 Å². The Hall–Kier alpha value is -0.300. The fourth-order valence-electron chi connectivity index (χ4n) is 0.765. The maximum atomic E-state index is 10.6. The first-order valence-electron chi connectivity index (χ1n) is 3.13. The predicted octanol–water partition coefficient (Wildman–Crippen LogP) is 2.39. The SMILES string of the molecule is O=[PH](O)C(Cl)c1ccccc1. The second-order valence-corrected chi connectivity index (χ2v) is 4.17. The molecule has 0 aliphatic carbocycles. The number of alkyl halides is 1. The molecule has 0 aliphatic rings. The minimum absolute atomic E-state index is 0.695. The molecule has 60 valence electrons. The van der Waals surface area contributed by atoms with Crippen LogP contribution in [0.2, 0.25) is 0 Å². The molecule has 2 unspecified atom stereocenters. The van der Waals surface area contributed by atoms with Crippen LogP contribution < -0.4 is 0 Å². The van der Waals surface area contributed by atoms with Crippen molar-refractivity contribution >= 4 is 19.6 Å². The molecule has 0 amide bonds. The van der Waals surface area contributed by atoms with E-state index in [1.165, 1.54) is 0 Å². The molecule has 0 saturated carbocycles. The molecule has 0 heterocycles. The van der Waals surface area contributed by atoms with Gasteiger partial charge in [0.05, 0.1) is 0 Å². The molecular weight excluding hydrogens is 183 g/mol. The van der Waals surface area contributed by atoms with Gasteiger partial charge in [-0.25, -0.2) is 0 Å². The van der Waals surface area contributed by atoms with Crippen LogP contribution in [0.1, 0.15) is 10.7 Å². The molecule has 11 heavy (non-hydrogen) atoms. The monoisotopic (exact) mass is 190 g/mol. The van der Waals surface area contributed by atoms with Crippen molar-refractivity contribution in [1.29, 1.82) is 0 Å². The summed E-state index contributed by atoms with van der Waals surface area (Å²) < 4.78 is 10.6. The second kappa shape index (κ2) is 3.91. The predicted molar refractivity (Wildman–Crippen MR) is 46.3 cm³/mol. The molecule has 2 nitrogen and oxygen atoms in total. The van der Waals surface area contributed by atoms with Crippen LogP contribution in [0, 0.1) is 0 Å². The first-order chi connectivity index (χ1) is 5.22. The summed E-state index contributed by atoms with van der Waals surface area (Å²) in [5, 5.41) is -0.749. The van der Waals surface area contributed by atoms with Gasteiger partial charge in [0.15, 0.2) is 0 Å². The third kappa shape index (κ3) is 2.33. The third-order valence-corrected chi connectivity index (χ3v) is 2.89. The van der Waals surface area contributed by atoms with Gasteiger partial charge in [-0.2, -0.15) is 0 Å². The van der Waals surface area contributed by atoms with E-state index in [1.807, 2.05) is 6.07 Å². The lowest BCUT2D eigenvalue weighted by atomic mass is 10.2. The Morgan fingerprint density at radius 1 is 1.36 bits per heavy atom. The van der Waals surface area contributed by atoms with Gasteiger partial charge in [0.25, 0.3) is 0 Å². The number of halogens is 1. The second-order valence-electron chi connectivity index (χ2n) is 2.11. The fourth-order valence-corrected chi connectivity index (χ4v) is 1.39. The number of rotatable bonds is 2. The van der Waals surface area contributed by atoms with E-state index in [9.17, 15) is 4.57 Å². The van der Waals surface area contributed by atoms with E-state index < -0.39 is 13.1 Å². The number of hydrogen-bond donors (Lipinski definition) is 1. The maximum Gasteiger partial charge on any atom is 0.210 e. The first-order valence-corrected chi connectivity index (χ1v) is 5.00. The Morgan fingerprint density at radius 3 is 2.36 bits per heavy atom. The molecule has 0 spiro atoms. The zero-order valence-electron chi connectivity index (χ0n) is 5.70. The van der Waals surface area contributed by atoms with Crippen LogP contribution >= 0.6 is 19.6 Å². The summed E-state index contributed by atoms with van der Waals surface area (Å²) in [6.45, 7) is 0. The minimum atomic E-state index is -2.65. The average molecular weight is 191 g/mol. The number of hydrogen-bond acceptors (Lipinski definition) is 1. The third-order valence-electron chi connectivity index (χ3n) is 1.31. The van der Waals surface area contributed by atoms with Crippen molar-refractivity contribution in [3.63, 3.8) is 0 Å². The van der Waals surface area contributed by atoms with Gasteiger partial charge >= 0.3 is 0 Å². The first kappa shape index (κ1) is 8.79. The van der Waals surface area contributed by atoms with Crippen LogP contribution in [-0.4, -0.2) is 4.89 Å². The highest BCUT2D eigenvalue weighted by Gasteiger charge is 2.11. The van der Waals surface area contributed by atoms with E-state index in [4.69, 9.17) is 16.5 Å². The molecule has 1 aromatic carbocycles. The molecule has 0 radical (unpaired) electrons. The summed E-state index contributed by atoms with van der Waals surface area (Å²) in [7, 11) is -2.65. The van der Waals surface area contributed by atoms with Gasteiger partial charge in [-0.05, 0) is 5.56 Å². The molecular formula is C7H8ClO2P. The van der Waals surface area contributed by atoms with Gasteiger partial charge in [-0.3, -0.25) is 4.57 Å². The van der Waals surface area contributed by atoms with Crippen molar-refractivity contribution in [2.75, 3.05) is 0 Å². The van der Waals surface area contributed by atoms with Crippen LogP contribution in [0.25, 0.3) is 0 Å². The normalized spacial score (nSPS) is 15.8. The van der Waals surface area contributed by atoms with E-state index in [0.717, 1.165) is 0 Å². The van der Waals surface area contributed by atoms with Gasteiger partial charge in [0, 0.05) is 0 Å². The van der Waals surface area contributed by atoms with Gasteiger partial charge < -0.3 is 4.89 Å². The number of benzene rings is 1. The highest BCUT2D eigenvalue weighted by atomic mass is 35.5. The smallest absolute Gasteiger partial charge is 0.210 e. The largest absolute Gasteiger partial charge is 0.345 e. The van der Waals surface area contributed by atoms with Gasteiger partial charge in [0.1, 0.15) is 5.12 Å². The fraction of sp³-hybridized carbons (Fsp3) is 0.143. The minimum Gasteiger partial charge on any atom is -0.345 e. The molecule has 4 heteroatoms. The Morgan fingerprint density at radius 2 is 1.91 bits per heavy atom. The van der Waals surface area contributed by atoms with Crippen molar-refractivity contribution in [3.8, 4) is 0 Å². The van der Waals surface area contributed by atoms with E-state index in [-0.39, 0.29) is 0 Å². The lowest BCUT2D eigenvalue weighted by molar-refractivity contribution is 0.500. The van der Waals surface area contributed by atoms with E-state index in [0.29, 0.717) is 5.56 Å². The Labute approximate surface area is 70.7 Å². The zero-order chi connectivity index (χ0) is 8.27. The summed E-state index contributed by atoms with van der Waals surface area (Å²) >= 11 is 5.62. The zero-order valence-corrected chi connectivity index (χ0v) is 7.45. The van der Waals surface area contributed by atoms with Crippen molar-refractivity contribution in [1.82, 2.24) is 0 Å². The Kier molecular flexibility index (Phi) is 3.13. The van der Waals surface area contributed by atoms with Crippen molar-refractivity contribution < 1.29 is 9.46 Å². The molecule has 0 fully saturated rings. The summed E-state index contributed by atoms with van der Waals surface area (Å²) in [5.41, 5.74) is 0.695. The standard InChI is InChI=1S/C7H8ClO2P/c8-7(11(9)10)6-4-2-1-3-5-6/h1-5,7,11H,(H,9,10). The van der Waals surface area contributed by atoms with Crippen molar-refractivity contribution in [2.24, 2.45) is 0 Å². The van der Waals surface area contributed by atoms with Crippen LogP contribution in [-0.2, 0) is 4.57 Å². The molecule has 0 saturated heterocycles. The lowest BCUT2D eigenvalue weighted by Crippen LogP contribution is -1.82. The molecule has 1 rings (SSSR count). The van der Waals surface area contributed by atoms with Gasteiger partial charge in [-0.1, -0.05) is 30.3 Å². The lowest BCUT2D eigenvalue weighted by Gasteiger charge is -2.03. The Balaban J connectivity index is 2.85. The molecule has 2 atom stereocenters. The molecule has 1 N–H and O–H groups in total. The van der Waals surface area contributed by atoms with Gasteiger partial charge in [0.2, 0.25) is 8.03 Å². The van der Waals surface area contributed by atoms with Crippen LogP contribution in [0.3, 0.4) is 0 Å². The summed E-state index contributed by atoms with van der Waals surface area (Å²) in [6, 6.07) is 8.87. The summed E-state index contributed by atoms with van der Waals surface area (Å²) in [6.07, 6.45) is 0. The van der Waals surface area contributed by atoms with Crippen molar-refractivity contribution in [3.05, 3.63) is 35.9 Å². The summed E-state index contributed by atoms with van der Waals surface area (Å²) in [5.74, 6) is 0. The highest BCUT2D eigenvalue weighted by Crippen LogP contribution is 2.40.